The van der Waals surface area contributed by atoms with E-state index in [0.717, 1.165) is 39.6 Å². The molecular formula is C26H23N4O+. The molecule has 0 saturated carbocycles. The Morgan fingerprint density at radius 1 is 0.935 bits per heavy atom. The van der Waals surface area contributed by atoms with Crippen LogP contribution in [-0.2, 0) is 12.8 Å². The average Bonchev–Trinajstić information content (AvgIpc) is 3.12. The molecule has 5 nitrogen and oxygen atoms in total. The second-order valence-corrected chi connectivity index (χ2v) is 7.87. The zero-order valence-electron chi connectivity index (χ0n) is 17.3. The Bertz CT molecular complexity index is 1220. The predicted octanol–water partition coefficient (Wildman–Crippen LogP) is 4.01. The summed E-state index contributed by atoms with van der Waals surface area (Å²) in [6.45, 7) is 1.96. The summed E-state index contributed by atoms with van der Waals surface area (Å²) in [5, 5.41) is 3.44. The number of nitrogens with one attached hydrogen (secondary N) is 1. The van der Waals surface area contributed by atoms with Crippen LogP contribution in [0, 0.1) is 6.92 Å². The number of aryl methyl sites for hydroxylation is 1. The SMILES string of the molecule is Cc1ccc(CC2Nc3c(Cc4ccccc4)nc(-c4ccccc4)c[n+]3C2=O)cn1. The van der Waals surface area contributed by atoms with E-state index in [9.17, 15) is 4.79 Å². The number of anilines is 1. The molecule has 1 unspecified atom stereocenters. The second kappa shape index (κ2) is 8.11. The van der Waals surface area contributed by atoms with E-state index in [1.165, 1.54) is 0 Å². The van der Waals surface area contributed by atoms with Gasteiger partial charge in [0.15, 0.2) is 6.04 Å². The molecule has 0 aliphatic carbocycles. The van der Waals surface area contributed by atoms with Gasteiger partial charge in [0.2, 0.25) is 0 Å². The molecule has 1 N–H and O–H groups in total. The van der Waals surface area contributed by atoms with Crippen LogP contribution in [0.4, 0.5) is 5.82 Å². The van der Waals surface area contributed by atoms with Gasteiger partial charge in [-0.15, -0.1) is 0 Å². The van der Waals surface area contributed by atoms with Crippen LogP contribution in [0.25, 0.3) is 11.3 Å². The van der Waals surface area contributed by atoms with Crippen LogP contribution in [0.1, 0.15) is 27.3 Å². The lowest BCUT2D eigenvalue weighted by Gasteiger charge is -2.07. The van der Waals surface area contributed by atoms with E-state index >= 15 is 0 Å². The molecule has 5 heteroatoms. The van der Waals surface area contributed by atoms with E-state index < -0.39 is 0 Å². The molecule has 0 amide bonds. The van der Waals surface area contributed by atoms with Crippen LogP contribution in [0.15, 0.2) is 85.2 Å². The van der Waals surface area contributed by atoms with Crippen molar-refractivity contribution in [1.29, 1.82) is 0 Å². The summed E-state index contributed by atoms with van der Waals surface area (Å²) in [7, 11) is 0. The number of nitrogens with zero attached hydrogens (tertiary/aromatic N) is 3. The van der Waals surface area contributed by atoms with Crippen molar-refractivity contribution < 1.29 is 9.36 Å². The predicted molar refractivity (Wildman–Crippen MR) is 120 cm³/mol. The van der Waals surface area contributed by atoms with Crippen molar-refractivity contribution in [3.8, 4) is 11.3 Å². The van der Waals surface area contributed by atoms with Crippen molar-refractivity contribution in [2.45, 2.75) is 25.8 Å². The monoisotopic (exact) mass is 407 g/mol. The number of carbonyl (C=O) groups excluding carboxylic acids is 1. The highest BCUT2D eigenvalue weighted by Crippen LogP contribution is 2.24. The molecule has 2 aromatic heterocycles. The van der Waals surface area contributed by atoms with E-state index in [-0.39, 0.29) is 11.9 Å². The normalized spacial score (nSPS) is 14.9. The largest absolute Gasteiger partial charge is 0.359 e. The summed E-state index contributed by atoms with van der Waals surface area (Å²) in [4.78, 5) is 22.6. The highest BCUT2D eigenvalue weighted by molar-refractivity contribution is 5.82. The average molecular weight is 407 g/mol. The topological polar surface area (TPSA) is 58.8 Å². The van der Waals surface area contributed by atoms with Gasteiger partial charge in [0.25, 0.3) is 0 Å². The zero-order valence-corrected chi connectivity index (χ0v) is 17.3. The summed E-state index contributed by atoms with van der Waals surface area (Å²) >= 11 is 0. The van der Waals surface area contributed by atoms with Crippen LogP contribution in [-0.4, -0.2) is 21.9 Å². The molecule has 1 atom stereocenters. The maximum atomic E-state index is 13.3. The number of hydrogen-bond donors (Lipinski definition) is 1. The molecule has 5 rings (SSSR count). The molecule has 4 aromatic rings. The Kier molecular flexibility index (Phi) is 5.00. The lowest BCUT2D eigenvalue weighted by atomic mass is 10.1. The Morgan fingerprint density at radius 2 is 1.68 bits per heavy atom. The molecule has 1 aliphatic rings. The van der Waals surface area contributed by atoms with E-state index in [4.69, 9.17) is 4.98 Å². The van der Waals surface area contributed by atoms with Crippen molar-refractivity contribution in [2.75, 3.05) is 5.32 Å². The standard InChI is InChI=1S/C26H22N4O/c1-18-12-13-20(16-27-18)15-23-26(31)30-17-24(21-10-6-3-7-11-21)28-22(25(30)29-23)14-19-8-4-2-5-9-19/h2-13,16-17,23H,14-15H2,1H3/p+1. The first-order valence-electron chi connectivity index (χ1n) is 10.4. The molecule has 0 saturated heterocycles. The van der Waals surface area contributed by atoms with Crippen LogP contribution in [0.3, 0.4) is 0 Å². The van der Waals surface area contributed by atoms with Crippen LogP contribution >= 0.6 is 0 Å². The molecule has 0 spiro atoms. The van der Waals surface area contributed by atoms with Crippen molar-refractivity contribution in [3.63, 3.8) is 0 Å². The number of carbonyl (C=O) groups is 1. The van der Waals surface area contributed by atoms with Gasteiger partial charge in [0.05, 0.1) is 0 Å². The minimum atomic E-state index is -0.341. The van der Waals surface area contributed by atoms with Crippen molar-refractivity contribution in [1.82, 2.24) is 9.97 Å². The number of benzene rings is 2. The minimum Gasteiger partial charge on any atom is -0.261 e. The molecule has 0 bridgehead atoms. The maximum absolute atomic E-state index is 13.3. The van der Waals surface area contributed by atoms with Gasteiger partial charge in [-0.05, 0) is 24.1 Å². The number of rotatable bonds is 5. The Morgan fingerprint density at radius 3 is 2.39 bits per heavy atom. The second-order valence-electron chi connectivity index (χ2n) is 7.87. The van der Waals surface area contributed by atoms with Gasteiger partial charge in [0.1, 0.15) is 17.6 Å². The van der Waals surface area contributed by atoms with Gasteiger partial charge in [-0.3, -0.25) is 10.3 Å². The Labute approximate surface area is 181 Å². The fourth-order valence-electron chi connectivity index (χ4n) is 3.93. The first kappa shape index (κ1) is 19.1. The molecule has 0 fully saturated rings. The third-order valence-corrected chi connectivity index (χ3v) is 5.56. The fraction of sp³-hybridized carbons (Fsp3) is 0.154. The van der Waals surface area contributed by atoms with Crippen molar-refractivity contribution >= 4 is 11.7 Å². The third kappa shape index (κ3) is 3.94. The van der Waals surface area contributed by atoms with Crippen LogP contribution in [0.5, 0.6) is 0 Å². The van der Waals surface area contributed by atoms with E-state index in [1.54, 1.807) is 4.57 Å². The smallest absolute Gasteiger partial charge is 0.261 e. The lowest BCUT2D eigenvalue weighted by molar-refractivity contribution is -0.552. The first-order valence-corrected chi connectivity index (χ1v) is 10.4. The molecule has 1 aliphatic heterocycles. The van der Waals surface area contributed by atoms with Gasteiger partial charge >= 0.3 is 11.7 Å². The number of pyridine rings is 1. The third-order valence-electron chi connectivity index (χ3n) is 5.56. The molecule has 3 heterocycles. The molecular weight excluding hydrogens is 384 g/mol. The molecule has 2 aromatic carbocycles. The lowest BCUT2D eigenvalue weighted by Crippen LogP contribution is -2.44. The minimum absolute atomic E-state index is 0.0319. The van der Waals surface area contributed by atoms with Crippen molar-refractivity contribution in [3.05, 3.63) is 108 Å². The van der Waals surface area contributed by atoms with Crippen LogP contribution in [0.2, 0.25) is 0 Å². The van der Waals surface area contributed by atoms with E-state index in [0.29, 0.717) is 12.8 Å². The summed E-state index contributed by atoms with van der Waals surface area (Å²) in [5.74, 6) is 0.808. The summed E-state index contributed by atoms with van der Waals surface area (Å²) in [6.07, 6.45) is 4.92. The summed E-state index contributed by atoms with van der Waals surface area (Å²) < 4.78 is 1.74. The fourth-order valence-corrected chi connectivity index (χ4v) is 3.93. The quantitative estimate of drug-likeness (QED) is 0.508. The first-order chi connectivity index (χ1) is 15.2. The van der Waals surface area contributed by atoms with E-state index in [1.807, 2.05) is 80.0 Å². The van der Waals surface area contributed by atoms with Gasteiger partial charge in [-0.2, -0.15) is 4.57 Å². The van der Waals surface area contributed by atoms with Crippen LogP contribution < -0.4 is 9.88 Å². The highest BCUT2D eigenvalue weighted by Gasteiger charge is 2.41. The maximum Gasteiger partial charge on any atom is 0.359 e. The number of hydrogen-bond acceptors (Lipinski definition) is 4. The summed E-state index contributed by atoms with van der Waals surface area (Å²) in [5.41, 5.74) is 5.81. The zero-order chi connectivity index (χ0) is 21.2. The van der Waals surface area contributed by atoms with Gasteiger partial charge < -0.3 is 0 Å². The van der Waals surface area contributed by atoms with E-state index in [2.05, 4.69) is 22.4 Å². The Hall–Kier alpha value is -3.86. The number of fused-ring (bicyclic) bond motifs is 1. The van der Waals surface area contributed by atoms with Gasteiger partial charge in [0, 0.05) is 30.3 Å². The van der Waals surface area contributed by atoms with Crippen molar-refractivity contribution in [2.24, 2.45) is 0 Å². The summed E-state index contributed by atoms with van der Waals surface area (Å²) in [6, 6.07) is 23.9. The molecule has 31 heavy (non-hydrogen) atoms. The Balaban J connectivity index is 1.53. The molecule has 0 radical (unpaired) electrons. The molecule has 152 valence electrons. The highest BCUT2D eigenvalue weighted by atomic mass is 16.2. The number of aromatic nitrogens is 3. The van der Waals surface area contributed by atoms with Gasteiger partial charge in [-0.1, -0.05) is 66.7 Å². The van der Waals surface area contributed by atoms with Gasteiger partial charge in [-0.25, -0.2) is 9.78 Å².